The highest BCUT2D eigenvalue weighted by molar-refractivity contribution is 5.98. The van der Waals surface area contributed by atoms with Gasteiger partial charge >= 0.3 is 6.09 Å². The fourth-order valence-electron chi connectivity index (χ4n) is 3.81. The first-order chi connectivity index (χ1) is 14.6. The zero-order chi connectivity index (χ0) is 22.8. The summed E-state index contributed by atoms with van der Waals surface area (Å²) in [5.41, 5.74) is -0.254. The molecule has 2 saturated heterocycles. The Kier molecular flexibility index (Phi) is 6.83. The van der Waals surface area contributed by atoms with Crippen molar-refractivity contribution >= 4 is 29.3 Å². The van der Waals surface area contributed by atoms with Crippen LogP contribution in [0.25, 0.3) is 0 Å². The Bertz CT molecular complexity index is 854. The first-order valence-corrected chi connectivity index (χ1v) is 10.5. The van der Waals surface area contributed by atoms with Crippen molar-refractivity contribution in [3.05, 3.63) is 24.0 Å². The number of nitrogens with zero attached hydrogens (tertiary/aromatic N) is 2. The Balaban J connectivity index is 1.73. The molecule has 1 aromatic carbocycles. The number of rotatable bonds is 4. The predicted octanol–water partition coefficient (Wildman–Crippen LogP) is 3.31. The zero-order valence-electron chi connectivity index (χ0n) is 18.4. The smallest absolute Gasteiger partial charge is 0.411 e. The zero-order valence-corrected chi connectivity index (χ0v) is 18.4. The van der Waals surface area contributed by atoms with Crippen LogP contribution in [0.2, 0.25) is 0 Å². The summed E-state index contributed by atoms with van der Waals surface area (Å²) in [5, 5.41) is 2.56. The fraction of sp³-hybridized carbons (Fsp3) is 0.591. The minimum Gasteiger partial charge on any atom is -0.444 e. The first kappa shape index (κ1) is 23.0. The van der Waals surface area contributed by atoms with E-state index in [1.165, 1.54) is 24.1 Å². The van der Waals surface area contributed by atoms with Crippen LogP contribution >= 0.6 is 0 Å². The van der Waals surface area contributed by atoms with E-state index >= 15 is 0 Å². The van der Waals surface area contributed by atoms with E-state index in [0.29, 0.717) is 18.7 Å². The van der Waals surface area contributed by atoms with Gasteiger partial charge in [0.2, 0.25) is 11.8 Å². The van der Waals surface area contributed by atoms with Crippen molar-refractivity contribution in [2.45, 2.75) is 64.2 Å². The Hall–Kier alpha value is -2.68. The normalized spacial score (nSPS) is 21.9. The second-order valence-electron chi connectivity index (χ2n) is 8.90. The molecule has 0 saturated carbocycles. The topological polar surface area (TPSA) is 88.2 Å². The molecule has 0 unspecified atom stereocenters. The number of halogens is 1. The number of carbonyl (C=O) groups excluding carboxylic acids is 3. The lowest BCUT2D eigenvalue weighted by Crippen LogP contribution is -2.45. The summed E-state index contributed by atoms with van der Waals surface area (Å²) >= 11 is 0. The van der Waals surface area contributed by atoms with Crippen molar-refractivity contribution in [3.63, 3.8) is 0 Å². The summed E-state index contributed by atoms with van der Waals surface area (Å²) in [7, 11) is 1.51. The van der Waals surface area contributed by atoms with Crippen LogP contribution in [0.3, 0.4) is 0 Å². The van der Waals surface area contributed by atoms with Crippen LogP contribution in [0.4, 0.5) is 20.6 Å². The molecule has 3 amide bonds. The van der Waals surface area contributed by atoms with Gasteiger partial charge < -0.3 is 19.7 Å². The molecule has 31 heavy (non-hydrogen) atoms. The van der Waals surface area contributed by atoms with Gasteiger partial charge in [-0.1, -0.05) is 0 Å². The molecule has 1 aromatic rings. The molecular weight excluding hydrogens is 405 g/mol. The van der Waals surface area contributed by atoms with Gasteiger partial charge in [-0.3, -0.25) is 14.5 Å². The van der Waals surface area contributed by atoms with Crippen LogP contribution in [0.5, 0.6) is 0 Å². The Morgan fingerprint density at radius 3 is 2.58 bits per heavy atom. The third-order valence-electron chi connectivity index (χ3n) is 5.37. The molecule has 170 valence electrons. The number of anilines is 2. The van der Waals surface area contributed by atoms with E-state index in [1.807, 2.05) is 0 Å². The molecule has 2 heterocycles. The van der Waals surface area contributed by atoms with Gasteiger partial charge in [0.15, 0.2) is 0 Å². The van der Waals surface area contributed by atoms with Crippen LogP contribution in [0.15, 0.2) is 18.2 Å². The van der Waals surface area contributed by atoms with Crippen molar-refractivity contribution in [1.29, 1.82) is 0 Å². The lowest BCUT2D eigenvalue weighted by atomic mass is 10.1. The molecule has 8 nitrogen and oxygen atoms in total. The number of methoxy groups -OCH3 is 1. The lowest BCUT2D eigenvalue weighted by molar-refractivity contribution is -0.120. The van der Waals surface area contributed by atoms with Gasteiger partial charge in [0, 0.05) is 32.2 Å². The van der Waals surface area contributed by atoms with Gasteiger partial charge in [-0.05, 0) is 51.8 Å². The number of amides is 3. The molecule has 2 fully saturated rings. The van der Waals surface area contributed by atoms with Crippen molar-refractivity contribution < 1.29 is 28.2 Å². The van der Waals surface area contributed by atoms with E-state index in [4.69, 9.17) is 9.47 Å². The molecular formula is C22H30FN3O5. The van der Waals surface area contributed by atoms with E-state index < -0.39 is 29.5 Å². The number of ether oxygens (including phenoxy) is 2. The maximum atomic E-state index is 14.7. The number of hydrogen-bond donors (Lipinski definition) is 1. The third kappa shape index (κ3) is 5.52. The minimum absolute atomic E-state index is 0.0109. The van der Waals surface area contributed by atoms with Gasteiger partial charge in [0.05, 0.1) is 18.3 Å². The highest BCUT2D eigenvalue weighted by Gasteiger charge is 2.41. The summed E-state index contributed by atoms with van der Waals surface area (Å²) in [6.45, 7) is 5.99. The second-order valence-corrected chi connectivity index (χ2v) is 8.90. The molecule has 0 bridgehead atoms. The number of hydrogen-bond acceptors (Lipinski definition) is 5. The van der Waals surface area contributed by atoms with E-state index in [0.717, 1.165) is 12.8 Å². The fourth-order valence-corrected chi connectivity index (χ4v) is 3.81. The Morgan fingerprint density at radius 2 is 1.97 bits per heavy atom. The van der Waals surface area contributed by atoms with E-state index in [-0.39, 0.29) is 30.7 Å². The minimum atomic E-state index is -0.845. The lowest BCUT2D eigenvalue weighted by Gasteiger charge is -2.28. The average molecular weight is 435 g/mol. The largest absolute Gasteiger partial charge is 0.444 e. The van der Waals surface area contributed by atoms with Crippen LogP contribution in [0, 0.1) is 5.82 Å². The highest BCUT2D eigenvalue weighted by Crippen LogP contribution is 2.28. The number of nitrogens with one attached hydrogen (secondary N) is 1. The quantitative estimate of drug-likeness (QED) is 0.784. The Labute approximate surface area is 181 Å². The maximum Gasteiger partial charge on any atom is 0.411 e. The van der Waals surface area contributed by atoms with E-state index in [2.05, 4.69) is 5.32 Å². The van der Waals surface area contributed by atoms with E-state index in [9.17, 15) is 18.8 Å². The average Bonchev–Trinajstić information content (AvgIpc) is 3.13. The number of piperidine rings is 1. The molecule has 9 heteroatoms. The third-order valence-corrected chi connectivity index (χ3v) is 5.37. The SMILES string of the molecule is CO[C@@H]1C[C@H](C(=O)Nc2ccc(N3CCCCC3=O)cc2F)N(C(=O)OC(C)(C)C)C1. The molecule has 3 rings (SSSR count). The maximum absolute atomic E-state index is 14.7. The molecule has 1 N–H and O–H groups in total. The summed E-state index contributed by atoms with van der Waals surface area (Å²) in [6.07, 6.45) is 1.50. The van der Waals surface area contributed by atoms with Crippen LogP contribution in [-0.2, 0) is 19.1 Å². The molecule has 2 aliphatic rings. The van der Waals surface area contributed by atoms with Crippen LogP contribution in [0.1, 0.15) is 46.5 Å². The van der Waals surface area contributed by atoms with Gasteiger partial charge in [-0.2, -0.15) is 0 Å². The monoisotopic (exact) mass is 435 g/mol. The molecule has 2 atom stereocenters. The number of carbonyl (C=O) groups is 3. The summed E-state index contributed by atoms with van der Waals surface area (Å²) < 4.78 is 25.4. The van der Waals surface area contributed by atoms with Crippen molar-refractivity contribution in [1.82, 2.24) is 4.90 Å². The van der Waals surface area contributed by atoms with Crippen molar-refractivity contribution in [3.8, 4) is 0 Å². The van der Waals surface area contributed by atoms with Gasteiger partial charge in [-0.25, -0.2) is 9.18 Å². The van der Waals surface area contributed by atoms with Gasteiger partial charge in [-0.15, -0.1) is 0 Å². The summed E-state index contributed by atoms with van der Waals surface area (Å²) in [4.78, 5) is 40.4. The standard InChI is InChI=1S/C22H30FN3O5/c1-22(2,3)31-21(29)26-13-15(30-4)12-18(26)20(28)24-17-9-8-14(11-16(17)23)25-10-6-5-7-19(25)27/h8-9,11,15,18H,5-7,10,12-13H2,1-4H3,(H,24,28)/t15-,18-/m1/s1. The predicted molar refractivity (Wildman–Crippen MR) is 113 cm³/mol. The first-order valence-electron chi connectivity index (χ1n) is 10.5. The molecule has 0 spiro atoms. The number of likely N-dealkylation sites (tertiary alicyclic amines) is 1. The molecule has 0 radical (unpaired) electrons. The molecule has 0 aromatic heterocycles. The Morgan fingerprint density at radius 1 is 1.23 bits per heavy atom. The van der Waals surface area contributed by atoms with Crippen LogP contribution < -0.4 is 10.2 Å². The second kappa shape index (κ2) is 9.21. The van der Waals surface area contributed by atoms with Crippen LogP contribution in [-0.4, -0.2) is 60.8 Å². The molecule has 2 aliphatic heterocycles. The highest BCUT2D eigenvalue weighted by atomic mass is 19.1. The van der Waals surface area contributed by atoms with Crippen molar-refractivity contribution in [2.75, 3.05) is 30.4 Å². The molecule has 0 aliphatic carbocycles. The van der Waals surface area contributed by atoms with Crippen molar-refractivity contribution in [2.24, 2.45) is 0 Å². The van der Waals surface area contributed by atoms with E-state index in [1.54, 1.807) is 31.7 Å². The van der Waals surface area contributed by atoms with Gasteiger partial charge in [0.25, 0.3) is 0 Å². The van der Waals surface area contributed by atoms with Gasteiger partial charge in [0.1, 0.15) is 17.5 Å². The summed E-state index contributed by atoms with van der Waals surface area (Å²) in [5.74, 6) is -1.20. The summed E-state index contributed by atoms with van der Waals surface area (Å²) in [6, 6.07) is 3.45. The number of benzene rings is 1.